The van der Waals surface area contributed by atoms with Crippen LogP contribution in [0.15, 0.2) is 24.3 Å². The van der Waals surface area contributed by atoms with Crippen LogP contribution in [0.1, 0.15) is 25.3 Å². The van der Waals surface area contributed by atoms with Gasteiger partial charge in [-0.3, -0.25) is 0 Å². The van der Waals surface area contributed by atoms with Gasteiger partial charge in [0.05, 0.1) is 12.5 Å². The van der Waals surface area contributed by atoms with Crippen molar-refractivity contribution in [3.05, 3.63) is 29.8 Å². The molecule has 15 heavy (non-hydrogen) atoms. The van der Waals surface area contributed by atoms with Crippen molar-refractivity contribution in [3.63, 3.8) is 0 Å². The summed E-state index contributed by atoms with van der Waals surface area (Å²) in [7, 11) is 0. The number of unbranched alkanes of at least 4 members (excludes halogenated alkanes) is 1. The largest absolute Gasteiger partial charge is 0.494 e. The lowest BCUT2D eigenvalue weighted by Crippen LogP contribution is -1.95. The van der Waals surface area contributed by atoms with Gasteiger partial charge in [-0.05, 0) is 30.7 Å². The highest BCUT2D eigenvalue weighted by Gasteiger charge is 1.92. The van der Waals surface area contributed by atoms with Crippen molar-refractivity contribution in [3.8, 4) is 17.6 Å². The van der Waals surface area contributed by atoms with Gasteiger partial charge in [-0.1, -0.05) is 25.2 Å². The number of rotatable bonds is 4. The van der Waals surface area contributed by atoms with Crippen molar-refractivity contribution >= 4 is 11.6 Å². The Bertz CT molecular complexity index is 332. The molecule has 0 atom stereocenters. The molecule has 1 aromatic carbocycles. The number of hydrogen-bond donors (Lipinski definition) is 0. The fraction of sp³-hybridized carbons (Fsp3) is 0.385. The molecule has 0 aliphatic heterocycles. The molecule has 0 aromatic heterocycles. The Morgan fingerprint density at radius 1 is 1.27 bits per heavy atom. The summed E-state index contributed by atoms with van der Waals surface area (Å²) < 4.78 is 5.53. The molecule has 0 spiro atoms. The SMILES string of the molecule is CCCCOc1ccc(C#CCCl)cc1. The van der Waals surface area contributed by atoms with E-state index in [2.05, 4.69) is 18.8 Å². The minimum absolute atomic E-state index is 0.370. The molecule has 0 fully saturated rings. The molecule has 0 saturated heterocycles. The van der Waals surface area contributed by atoms with Crippen LogP contribution in [0.5, 0.6) is 5.75 Å². The van der Waals surface area contributed by atoms with E-state index in [-0.39, 0.29) is 0 Å². The second kappa shape index (κ2) is 7.20. The summed E-state index contributed by atoms with van der Waals surface area (Å²) in [6.07, 6.45) is 2.24. The van der Waals surface area contributed by atoms with Gasteiger partial charge in [-0.15, -0.1) is 11.6 Å². The van der Waals surface area contributed by atoms with Crippen LogP contribution < -0.4 is 4.74 Å². The lowest BCUT2D eigenvalue weighted by Gasteiger charge is -2.04. The Balaban J connectivity index is 2.49. The first kappa shape index (κ1) is 11.9. The highest BCUT2D eigenvalue weighted by Crippen LogP contribution is 2.11. The molecule has 2 heteroatoms. The van der Waals surface area contributed by atoms with Crippen LogP contribution in [-0.2, 0) is 0 Å². The number of benzene rings is 1. The topological polar surface area (TPSA) is 9.23 Å². The van der Waals surface area contributed by atoms with Crippen LogP contribution in [0.25, 0.3) is 0 Å². The second-order valence-corrected chi connectivity index (χ2v) is 3.43. The molecule has 0 radical (unpaired) electrons. The van der Waals surface area contributed by atoms with Crippen LogP contribution in [0.2, 0.25) is 0 Å². The van der Waals surface area contributed by atoms with E-state index in [1.165, 1.54) is 0 Å². The number of hydrogen-bond acceptors (Lipinski definition) is 1. The van der Waals surface area contributed by atoms with Crippen molar-refractivity contribution in [1.82, 2.24) is 0 Å². The average Bonchev–Trinajstić information content (AvgIpc) is 2.28. The first-order valence-corrected chi connectivity index (χ1v) is 5.68. The van der Waals surface area contributed by atoms with E-state index in [4.69, 9.17) is 16.3 Å². The maximum atomic E-state index is 5.53. The fourth-order valence-corrected chi connectivity index (χ4v) is 1.17. The van der Waals surface area contributed by atoms with Crippen LogP contribution >= 0.6 is 11.6 Å². The van der Waals surface area contributed by atoms with Crippen molar-refractivity contribution in [2.24, 2.45) is 0 Å². The van der Waals surface area contributed by atoms with E-state index < -0.39 is 0 Å². The molecule has 0 N–H and O–H groups in total. The van der Waals surface area contributed by atoms with E-state index in [1.807, 2.05) is 24.3 Å². The third kappa shape index (κ3) is 4.76. The molecule has 0 bridgehead atoms. The third-order valence-corrected chi connectivity index (χ3v) is 2.05. The molecule has 0 heterocycles. The molecule has 0 unspecified atom stereocenters. The van der Waals surface area contributed by atoms with E-state index in [9.17, 15) is 0 Å². The van der Waals surface area contributed by atoms with Gasteiger partial charge >= 0.3 is 0 Å². The van der Waals surface area contributed by atoms with Gasteiger partial charge < -0.3 is 4.74 Å². The van der Waals surface area contributed by atoms with Gasteiger partial charge in [-0.25, -0.2) is 0 Å². The summed E-state index contributed by atoms with van der Waals surface area (Å²) in [6, 6.07) is 7.77. The predicted octanol–water partition coefficient (Wildman–Crippen LogP) is 3.46. The van der Waals surface area contributed by atoms with Crippen molar-refractivity contribution in [2.75, 3.05) is 12.5 Å². The second-order valence-electron chi connectivity index (χ2n) is 3.16. The summed E-state index contributed by atoms with van der Waals surface area (Å²) in [6.45, 7) is 2.93. The van der Waals surface area contributed by atoms with E-state index in [0.717, 1.165) is 30.8 Å². The Morgan fingerprint density at radius 3 is 2.60 bits per heavy atom. The molecule has 1 rings (SSSR count). The monoisotopic (exact) mass is 222 g/mol. The van der Waals surface area contributed by atoms with E-state index in [0.29, 0.717) is 5.88 Å². The van der Waals surface area contributed by atoms with Gasteiger partial charge in [0.1, 0.15) is 5.75 Å². The maximum Gasteiger partial charge on any atom is 0.119 e. The molecule has 80 valence electrons. The standard InChI is InChI=1S/C13H15ClO/c1-2-3-11-15-13-8-6-12(7-9-13)5-4-10-14/h6-9H,2-3,10-11H2,1H3. The predicted molar refractivity (Wildman–Crippen MR) is 64.4 cm³/mol. The highest BCUT2D eigenvalue weighted by atomic mass is 35.5. The molecule has 1 nitrogen and oxygen atoms in total. The summed E-state index contributed by atoms with van der Waals surface area (Å²) in [4.78, 5) is 0. The summed E-state index contributed by atoms with van der Waals surface area (Å²) in [5, 5.41) is 0. The first-order valence-electron chi connectivity index (χ1n) is 5.14. The van der Waals surface area contributed by atoms with Gasteiger partial charge in [0.15, 0.2) is 0 Å². The van der Waals surface area contributed by atoms with Crippen LogP contribution in [0, 0.1) is 11.8 Å². The Hall–Kier alpha value is -1.13. The maximum absolute atomic E-state index is 5.53. The number of halogens is 1. The lowest BCUT2D eigenvalue weighted by atomic mass is 10.2. The zero-order valence-electron chi connectivity index (χ0n) is 8.92. The molecular formula is C13H15ClO. The minimum atomic E-state index is 0.370. The van der Waals surface area contributed by atoms with Crippen molar-refractivity contribution < 1.29 is 4.74 Å². The Kier molecular flexibility index (Phi) is 5.73. The van der Waals surface area contributed by atoms with E-state index >= 15 is 0 Å². The van der Waals surface area contributed by atoms with Crippen LogP contribution in [-0.4, -0.2) is 12.5 Å². The van der Waals surface area contributed by atoms with Crippen molar-refractivity contribution in [2.45, 2.75) is 19.8 Å². The quantitative estimate of drug-likeness (QED) is 0.431. The summed E-state index contributed by atoms with van der Waals surface area (Å²) in [5.74, 6) is 7.03. The zero-order chi connectivity index (χ0) is 10.9. The first-order chi connectivity index (χ1) is 7.36. The summed E-state index contributed by atoms with van der Waals surface area (Å²) in [5.41, 5.74) is 0.971. The van der Waals surface area contributed by atoms with Gasteiger partial charge in [0.2, 0.25) is 0 Å². The average molecular weight is 223 g/mol. The fourth-order valence-electron chi connectivity index (χ4n) is 1.10. The zero-order valence-corrected chi connectivity index (χ0v) is 9.68. The molecular weight excluding hydrogens is 208 g/mol. The number of ether oxygens (including phenoxy) is 1. The third-order valence-electron chi connectivity index (χ3n) is 1.92. The van der Waals surface area contributed by atoms with Crippen LogP contribution in [0.4, 0.5) is 0 Å². The van der Waals surface area contributed by atoms with Crippen LogP contribution in [0.3, 0.4) is 0 Å². The normalized spacial score (nSPS) is 9.20. The molecule has 0 amide bonds. The smallest absolute Gasteiger partial charge is 0.119 e. The van der Waals surface area contributed by atoms with Gasteiger partial charge in [0, 0.05) is 5.56 Å². The highest BCUT2D eigenvalue weighted by molar-refractivity contribution is 6.19. The van der Waals surface area contributed by atoms with Gasteiger partial charge in [-0.2, -0.15) is 0 Å². The molecule has 1 aromatic rings. The number of alkyl halides is 1. The molecule has 0 saturated carbocycles. The van der Waals surface area contributed by atoms with E-state index in [1.54, 1.807) is 0 Å². The molecule has 0 aliphatic carbocycles. The van der Waals surface area contributed by atoms with Gasteiger partial charge in [0.25, 0.3) is 0 Å². The Labute approximate surface area is 96.4 Å². The lowest BCUT2D eigenvalue weighted by molar-refractivity contribution is 0.309. The minimum Gasteiger partial charge on any atom is -0.494 e. The molecule has 0 aliphatic rings. The van der Waals surface area contributed by atoms with Crippen molar-refractivity contribution in [1.29, 1.82) is 0 Å². The summed E-state index contributed by atoms with van der Waals surface area (Å²) >= 11 is 5.47. The Morgan fingerprint density at radius 2 is 2.00 bits per heavy atom.